The van der Waals surface area contributed by atoms with E-state index >= 15 is 0 Å². The molecule has 2 fully saturated rings. The summed E-state index contributed by atoms with van der Waals surface area (Å²) in [7, 11) is 0. The highest BCUT2D eigenvalue weighted by molar-refractivity contribution is 6.04. The SMILES string of the molecule is Cc1cccc(NC(=O)c2cnoc2)c1C(c1ccccc1)C12CCCC(CN1)C2. The van der Waals surface area contributed by atoms with Crippen LogP contribution in [-0.4, -0.2) is 23.1 Å². The van der Waals surface area contributed by atoms with Gasteiger partial charge in [-0.25, -0.2) is 0 Å². The molecule has 3 unspecified atom stereocenters. The van der Waals surface area contributed by atoms with Crippen LogP contribution >= 0.6 is 0 Å². The van der Waals surface area contributed by atoms with Crippen molar-refractivity contribution in [3.05, 3.63) is 83.2 Å². The molecular weight excluding hydrogens is 374 g/mol. The molecule has 2 heterocycles. The number of amides is 1. The Balaban J connectivity index is 1.62. The van der Waals surface area contributed by atoms with Crippen LogP contribution in [0.3, 0.4) is 0 Å². The lowest BCUT2D eigenvalue weighted by Gasteiger charge is -2.42. The van der Waals surface area contributed by atoms with E-state index in [0.29, 0.717) is 5.56 Å². The highest BCUT2D eigenvalue weighted by Gasteiger charge is 2.48. The fourth-order valence-corrected chi connectivity index (χ4v) is 5.56. The molecule has 154 valence electrons. The van der Waals surface area contributed by atoms with Crippen LogP contribution in [0.5, 0.6) is 0 Å². The Morgan fingerprint density at radius 3 is 2.90 bits per heavy atom. The van der Waals surface area contributed by atoms with Gasteiger partial charge in [0.25, 0.3) is 5.91 Å². The topological polar surface area (TPSA) is 67.2 Å². The summed E-state index contributed by atoms with van der Waals surface area (Å²) in [4.78, 5) is 12.8. The van der Waals surface area contributed by atoms with Gasteiger partial charge in [-0.15, -0.1) is 0 Å². The summed E-state index contributed by atoms with van der Waals surface area (Å²) in [5.74, 6) is 0.709. The molecule has 3 aromatic rings. The van der Waals surface area contributed by atoms with Crippen LogP contribution in [0, 0.1) is 12.8 Å². The van der Waals surface area contributed by atoms with Gasteiger partial charge in [-0.2, -0.15) is 0 Å². The maximum absolute atomic E-state index is 12.8. The minimum absolute atomic E-state index is 0.0209. The molecule has 2 N–H and O–H groups in total. The smallest absolute Gasteiger partial charge is 0.260 e. The summed E-state index contributed by atoms with van der Waals surface area (Å²) in [5.41, 5.74) is 4.99. The number of nitrogens with zero attached hydrogens (tertiary/aromatic N) is 1. The van der Waals surface area contributed by atoms with Gasteiger partial charge in [0.1, 0.15) is 6.26 Å². The lowest BCUT2D eigenvalue weighted by molar-refractivity contribution is 0.102. The third-order valence-electron chi connectivity index (χ3n) is 6.87. The predicted octanol–water partition coefficient (Wildman–Crippen LogP) is 4.90. The molecule has 2 bridgehead atoms. The molecular formula is C25H27N3O2. The maximum Gasteiger partial charge on any atom is 0.260 e. The number of carbonyl (C=O) groups is 1. The largest absolute Gasteiger partial charge is 0.364 e. The lowest BCUT2D eigenvalue weighted by Crippen LogP contribution is -2.47. The third-order valence-corrected chi connectivity index (χ3v) is 6.87. The second kappa shape index (κ2) is 7.73. The van der Waals surface area contributed by atoms with Crippen LogP contribution in [0.15, 0.2) is 65.5 Å². The number of benzene rings is 2. The second-order valence-electron chi connectivity index (χ2n) is 8.75. The van der Waals surface area contributed by atoms with Crippen molar-refractivity contribution in [2.45, 2.75) is 44.1 Å². The molecule has 0 spiro atoms. The van der Waals surface area contributed by atoms with Crippen molar-refractivity contribution in [2.24, 2.45) is 5.92 Å². The monoisotopic (exact) mass is 401 g/mol. The molecule has 5 rings (SSSR count). The minimum atomic E-state index is -0.201. The standard InChI is InChI=1S/C25H27N3O2/c1-17-7-5-11-21(28-24(29)20-15-27-30-16-20)22(17)23(19-9-3-2-4-10-19)25-12-6-8-18(13-25)14-26-25/h2-5,7,9-11,15-16,18,23,26H,6,8,12-14H2,1H3,(H,28,29). The first-order valence-corrected chi connectivity index (χ1v) is 10.8. The van der Waals surface area contributed by atoms with Crippen LogP contribution in [0.1, 0.15) is 58.6 Å². The quantitative estimate of drug-likeness (QED) is 0.638. The maximum atomic E-state index is 12.8. The van der Waals surface area contributed by atoms with E-state index in [1.807, 2.05) is 12.1 Å². The molecule has 2 aromatic carbocycles. The van der Waals surface area contributed by atoms with Gasteiger partial charge in [0.05, 0.1) is 11.8 Å². The van der Waals surface area contributed by atoms with Crippen molar-refractivity contribution in [2.75, 3.05) is 11.9 Å². The molecule has 5 heteroatoms. The van der Waals surface area contributed by atoms with E-state index in [-0.39, 0.29) is 17.4 Å². The van der Waals surface area contributed by atoms with E-state index in [0.717, 1.165) is 24.6 Å². The Bertz CT molecular complexity index is 1030. The molecule has 1 saturated heterocycles. The Labute approximate surface area is 176 Å². The molecule has 1 aliphatic carbocycles. The fraction of sp³-hybridized carbons (Fsp3) is 0.360. The number of aromatic nitrogens is 1. The van der Waals surface area contributed by atoms with E-state index in [1.165, 1.54) is 48.4 Å². The van der Waals surface area contributed by atoms with Crippen LogP contribution in [-0.2, 0) is 0 Å². The van der Waals surface area contributed by atoms with Crippen LogP contribution < -0.4 is 10.6 Å². The van der Waals surface area contributed by atoms with Gasteiger partial charge in [0.2, 0.25) is 0 Å². The summed E-state index contributed by atoms with van der Waals surface area (Å²) in [6, 6.07) is 16.9. The first-order chi connectivity index (χ1) is 14.7. The third kappa shape index (κ3) is 3.33. The number of hydrogen-bond donors (Lipinski definition) is 2. The van der Waals surface area contributed by atoms with E-state index in [4.69, 9.17) is 4.52 Å². The number of rotatable bonds is 5. The van der Waals surface area contributed by atoms with E-state index in [2.05, 4.69) is 59.1 Å². The van der Waals surface area contributed by atoms with Gasteiger partial charge in [-0.3, -0.25) is 4.79 Å². The second-order valence-corrected chi connectivity index (χ2v) is 8.75. The summed E-state index contributed by atoms with van der Waals surface area (Å²) >= 11 is 0. The summed E-state index contributed by atoms with van der Waals surface area (Å²) in [5, 5.41) is 10.7. The van der Waals surface area contributed by atoms with Crippen molar-refractivity contribution in [1.29, 1.82) is 0 Å². The van der Waals surface area contributed by atoms with Crippen LogP contribution in [0.25, 0.3) is 0 Å². The van der Waals surface area contributed by atoms with Crippen molar-refractivity contribution in [3.63, 3.8) is 0 Å². The van der Waals surface area contributed by atoms with E-state index in [9.17, 15) is 4.79 Å². The van der Waals surface area contributed by atoms with Gasteiger partial charge in [-0.05, 0) is 61.4 Å². The Morgan fingerprint density at radius 2 is 2.10 bits per heavy atom. The molecule has 30 heavy (non-hydrogen) atoms. The molecule has 5 nitrogen and oxygen atoms in total. The number of hydrogen-bond acceptors (Lipinski definition) is 4. The molecule has 0 radical (unpaired) electrons. The zero-order valence-corrected chi connectivity index (χ0v) is 17.2. The first kappa shape index (κ1) is 19.1. The summed E-state index contributed by atoms with van der Waals surface area (Å²) in [6.45, 7) is 3.23. The number of fused-ring (bicyclic) bond motifs is 2. The van der Waals surface area contributed by atoms with Crippen LogP contribution in [0.4, 0.5) is 5.69 Å². The molecule has 3 atom stereocenters. The zero-order valence-electron chi connectivity index (χ0n) is 17.2. The Kier molecular flexibility index (Phi) is 4.91. The Morgan fingerprint density at radius 1 is 1.23 bits per heavy atom. The van der Waals surface area contributed by atoms with Gasteiger partial charge in [0, 0.05) is 17.1 Å². The van der Waals surface area contributed by atoms with Gasteiger partial charge in [-0.1, -0.05) is 54.0 Å². The average Bonchev–Trinajstić information content (AvgIpc) is 3.40. The van der Waals surface area contributed by atoms with Gasteiger partial charge in [0.15, 0.2) is 0 Å². The summed E-state index contributed by atoms with van der Waals surface area (Å²) in [6.07, 6.45) is 7.71. The van der Waals surface area contributed by atoms with Crippen molar-refractivity contribution >= 4 is 11.6 Å². The van der Waals surface area contributed by atoms with Crippen LogP contribution in [0.2, 0.25) is 0 Å². The van der Waals surface area contributed by atoms with Gasteiger partial charge < -0.3 is 15.2 Å². The number of carbonyl (C=O) groups excluding carboxylic acids is 1. The molecule has 2 aliphatic rings. The molecule has 1 amide bonds. The number of aryl methyl sites for hydroxylation is 1. The molecule has 1 aromatic heterocycles. The fourth-order valence-electron chi connectivity index (χ4n) is 5.56. The van der Waals surface area contributed by atoms with Gasteiger partial charge >= 0.3 is 0 Å². The number of nitrogens with one attached hydrogen (secondary N) is 2. The predicted molar refractivity (Wildman–Crippen MR) is 117 cm³/mol. The normalized spacial score (nSPS) is 23.8. The highest BCUT2D eigenvalue weighted by Crippen LogP contribution is 2.50. The van der Waals surface area contributed by atoms with Crippen molar-refractivity contribution in [1.82, 2.24) is 10.5 Å². The van der Waals surface area contributed by atoms with E-state index in [1.54, 1.807) is 0 Å². The van der Waals surface area contributed by atoms with Crippen molar-refractivity contribution in [3.8, 4) is 0 Å². The van der Waals surface area contributed by atoms with Crippen molar-refractivity contribution < 1.29 is 9.32 Å². The average molecular weight is 402 g/mol. The lowest BCUT2D eigenvalue weighted by atomic mass is 9.66. The Hall–Kier alpha value is -2.92. The number of anilines is 1. The molecule has 1 aliphatic heterocycles. The highest BCUT2D eigenvalue weighted by atomic mass is 16.5. The first-order valence-electron chi connectivity index (χ1n) is 10.8. The minimum Gasteiger partial charge on any atom is -0.364 e. The van der Waals surface area contributed by atoms with E-state index < -0.39 is 0 Å². The summed E-state index contributed by atoms with van der Waals surface area (Å²) < 4.78 is 4.86. The zero-order chi connectivity index (χ0) is 20.6. The molecule has 1 saturated carbocycles.